The van der Waals surface area contributed by atoms with Gasteiger partial charge in [-0.1, -0.05) is 24.2 Å². The van der Waals surface area contributed by atoms with E-state index in [0.717, 1.165) is 6.42 Å². The van der Waals surface area contributed by atoms with Crippen LogP contribution in [0.3, 0.4) is 0 Å². The summed E-state index contributed by atoms with van der Waals surface area (Å²) in [7, 11) is 0. The molecule has 1 aliphatic heterocycles. The Morgan fingerprint density at radius 3 is 2.50 bits per heavy atom. The molecule has 0 radical (unpaired) electrons. The van der Waals surface area contributed by atoms with Crippen molar-refractivity contribution in [2.24, 2.45) is 11.8 Å². The second kappa shape index (κ2) is 5.19. The number of fused-ring (bicyclic) bond motifs is 1. The van der Waals surface area contributed by atoms with Crippen molar-refractivity contribution in [3.8, 4) is 0 Å². The molecule has 1 aromatic heterocycles. The summed E-state index contributed by atoms with van der Waals surface area (Å²) in [5.41, 5.74) is 0. The number of aryl methyl sites for hydroxylation is 1. The molecule has 6 nitrogen and oxygen atoms in total. The lowest BCUT2D eigenvalue weighted by atomic mass is 9.85. The van der Waals surface area contributed by atoms with Crippen LogP contribution in [0, 0.1) is 11.8 Å². The SMILES string of the molecule is CCCc1nc(CN2C(=O)C3CC=CCC3C2=O)no1. The van der Waals surface area contributed by atoms with Gasteiger partial charge in [-0.15, -0.1) is 0 Å². The lowest BCUT2D eigenvalue weighted by Crippen LogP contribution is -2.31. The summed E-state index contributed by atoms with van der Waals surface area (Å²) < 4.78 is 5.08. The summed E-state index contributed by atoms with van der Waals surface area (Å²) in [6, 6.07) is 0. The molecule has 1 saturated heterocycles. The van der Waals surface area contributed by atoms with Crippen molar-refractivity contribution in [1.29, 1.82) is 0 Å². The topological polar surface area (TPSA) is 76.3 Å². The largest absolute Gasteiger partial charge is 0.339 e. The molecule has 2 aliphatic rings. The van der Waals surface area contributed by atoms with Gasteiger partial charge in [-0.2, -0.15) is 4.98 Å². The molecular weight excluding hydrogens is 258 g/mol. The van der Waals surface area contributed by atoms with Crippen LogP contribution >= 0.6 is 0 Å². The Morgan fingerprint density at radius 1 is 1.25 bits per heavy atom. The van der Waals surface area contributed by atoms with Crippen LogP contribution in [0.15, 0.2) is 16.7 Å². The Balaban J connectivity index is 1.74. The summed E-state index contributed by atoms with van der Waals surface area (Å²) in [5, 5.41) is 3.84. The number of nitrogens with zero attached hydrogens (tertiary/aromatic N) is 3. The highest BCUT2D eigenvalue weighted by Crippen LogP contribution is 2.35. The normalized spacial score (nSPS) is 25.4. The van der Waals surface area contributed by atoms with E-state index in [1.807, 2.05) is 19.1 Å². The molecule has 1 fully saturated rings. The Morgan fingerprint density at radius 2 is 1.90 bits per heavy atom. The van der Waals surface area contributed by atoms with E-state index in [4.69, 9.17) is 4.52 Å². The first-order valence-corrected chi connectivity index (χ1v) is 7.02. The van der Waals surface area contributed by atoms with E-state index in [0.29, 0.717) is 31.0 Å². The molecule has 2 atom stereocenters. The van der Waals surface area contributed by atoms with Gasteiger partial charge in [0.05, 0.1) is 18.4 Å². The van der Waals surface area contributed by atoms with E-state index in [-0.39, 0.29) is 30.2 Å². The van der Waals surface area contributed by atoms with Crippen LogP contribution in [0.5, 0.6) is 0 Å². The third kappa shape index (κ3) is 2.15. The molecular formula is C14H17N3O3. The molecule has 106 valence electrons. The monoisotopic (exact) mass is 275 g/mol. The van der Waals surface area contributed by atoms with Gasteiger partial charge in [-0.25, -0.2) is 0 Å². The predicted octanol–water partition coefficient (Wildman–Crippen LogP) is 1.47. The first-order valence-electron chi connectivity index (χ1n) is 7.02. The molecule has 0 saturated carbocycles. The van der Waals surface area contributed by atoms with Crippen LogP contribution in [-0.2, 0) is 22.6 Å². The molecule has 1 aliphatic carbocycles. The fraction of sp³-hybridized carbons (Fsp3) is 0.571. The maximum atomic E-state index is 12.3. The lowest BCUT2D eigenvalue weighted by molar-refractivity contribution is -0.140. The number of carbonyl (C=O) groups excluding carboxylic acids is 2. The summed E-state index contributed by atoms with van der Waals surface area (Å²) in [4.78, 5) is 30.0. The number of aromatic nitrogens is 2. The third-order valence-electron chi connectivity index (χ3n) is 3.87. The molecule has 0 spiro atoms. The van der Waals surface area contributed by atoms with E-state index in [9.17, 15) is 9.59 Å². The van der Waals surface area contributed by atoms with E-state index < -0.39 is 0 Å². The average Bonchev–Trinajstić information content (AvgIpc) is 2.99. The van der Waals surface area contributed by atoms with Crippen LogP contribution in [0.1, 0.15) is 37.9 Å². The molecule has 2 amide bonds. The van der Waals surface area contributed by atoms with Crippen molar-refractivity contribution in [3.05, 3.63) is 23.9 Å². The second-order valence-corrected chi connectivity index (χ2v) is 5.27. The first-order chi connectivity index (χ1) is 9.70. The highest BCUT2D eigenvalue weighted by molar-refractivity contribution is 6.05. The van der Waals surface area contributed by atoms with E-state index in [2.05, 4.69) is 10.1 Å². The van der Waals surface area contributed by atoms with Crippen LogP contribution in [0.2, 0.25) is 0 Å². The number of amides is 2. The van der Waals surface area contributed by atoms with Gasteiger partial charge in [0.15, 0.2) is 5.82 Å². The minimum absolute atomic E-state index is 0.105. The quantitative estimate of drug-likeness (QED) is 0.614. The molecule has 3 rings (SSSR count). The fourth-order valence-corrected chi connectivity index (χ4v) is 2.84. The van der Waals surface area contributed by atoms with Crippen molar-refractivity contribution in [2.75, 3.05) is 0 Å². The standard InChI is InChI=1S/C14H17N3O3/c1-2-5-12-15-11(16-20-12)8-17-13(18)9-6-3-4-7-10(9)14(17)19/h3-4,9-10H,2,5-8H2,1H3. The van der Waals surface area contributed by atoms with Gasteiger partial charge in [-0.3, -0.25) is 14.5 Å². The summed E-state index contributed by atoms with van der Waals surface area (Å²) in [6.07, 6.45) is 6.88. The number of allylic oxidation sites excluding steroid dienone is 2. The molecule has 0 aromatic carbocycles. The van der Waals surface area contributed by atoms with Crippen LogP contribution in [-0.4, -0.2) is 26.9 Å². The maximum Gasteiger partial charge on any atom is 0.233 e. The van der Waals surface area contributed by atoms with Crippen molar-refractivity contribution in [1.82, 2.24) is 15.0 Å². The van der Waals surface area contributed by atoms with Gasteiger partial charge < -0.3 is 4.52 Å². The van der Waals surface area contributed by atoms with Crippen molar-refractivity contribution < 1.29 is 14.1 Å². The van der Waals surface area contributed by atoms with Gasteiger partial charge >= 0.3 is 0 Å². The molecule has 0 N–H and O–H groups in total. The van der Waals surface area contributed by atoms with Crippen molar-refractivity contribution in [2.45, 2.75) is 39.2 Å². The lowest BCUT2D eigenvalue weighted by Gasteiger charge is -2.14. The highest BCUT2D eigenvalue weighted by Gasteiger charge is 2.47. The predicted molar refractivity (Wildman–Crippen MR) is 69.2 cm³/mol. The Kier molecular flexibility index (Phi) is 3.38. The van der Waals surface area contributed by atoms with Crippen molar-refractivity contribution in [3.63, 3.8) is 0 Å². The number of imide groups is 1. The zero-order valence-electron chi connectivity index (χ0n) is 11.4. The summed E-state index contributed by atoms with van der Waals surface area (Å²) >= 11 is 0. The van der Waals surface area contributed by atoms with E-state index in [1.165, 1.54) is 4.90 Å². The molecule has 1 aromatic rings. The summed E-state index contributed by atoms with van der Waals surface area (Å²) in [5.74, 6) is 0.351. The molecule has 6 heteroatoms. The first kappa shape index (κ1) is 13.0. The molecule has 20 heavy (non-hydrogen) atoms. The molecule has 2 unspecified atom stereocenters. The fourth-order valence-electron chi connectivity index (χ4n) is 2.84. The second-order valence-electron chi connectivity index (χ2n) is 5.27. The van der Waals surface area contributed by atoms with E-state index >= 15 is 0 Å². The van der Waals surface area contributed by atoms with Gasteiger partial charge in [0.25, 0.3) is 0 Å². The van der Waals surface area contributed by atoms with Crippen LogP contribution < -0.4 is 0 Å². The minimum atomic E-state index is -0.200. The number of rotatable bonds is 4. The highest BCUT2D eigenvalue weighted by atomic mass is 16.5. The minimum Gasteiger partial charge on any atom is -0.339 e. The Hall–Kier alpha value is -1.98. The maximum absolute atomic E-state index is 12.3. The number of likely N-dealkylation sites (tertiary alicyclic amines) is 1. The Bertz CT molecular complexity index is 538. The number of hydrogen-bond acceptors (Lipinski definition) is 5. The van der Waals surface area contributed by atoms with E-state index in [1.54, 1.807) is 0 Å². The smallest absolute Gasteiger partial charge is 0.233 e. The number of carbonyl (C=O) groups is 2. The Labute approximate surface area is 116 Å². The zero-order valence-corrected chi connectivity index (χ0v) is 11.4. The molecule has 0 bridgehead atoms. The van der Waals surface area contributed by atoms with Gasteiger partial charge in [0.2, 0.25) is 17.7 Å². The van der Waals surface area contributed by atoms with Gasteiger partial charge in [0, 0.05) is 6.42 Å². The zero-order chi connectivity index (χ0) is 14.1. The van der Waals surface area contributed by atoms with Gasteiger partial charge in [-0.05, 0) is 19.3 Å². The van der Waals surface area contributed by atoms with Crippen molar-refractivity contribution >= 4 is 11.8 Å². The van der Waals surface area contributed by atoms with Crippen LogP contribution in [0.25, 0.3) is 0 Å². The number of hydrogen-bond donors (Lipinski definition) is 0. The third-order valence-corrected chi connectivity index (χ3v) is 3.87. The molecule has 2 heterocycles. The summed E-state index contributed by atoms with van der Waals surface area (Å²) in [6.45, 7) is 2.15. The average molecular weight is 275 g/mol. The van der Waals surface area contributed by atoms with Crippen LogP contribution in [0.4, 0.5) is 0 Å². The van der Waals surface area contributed by atoms with Gasteiger partial charge in [0.1, 0.15) is 0 Å².